The lowest BCUT2D eigenvalue weighted by molar-refractivity contribution is 0.0591. The molecule has 0 saturated heterocycles. The maximum Gasteiger partial charge on any atom is 0.338 e. The molecule has 0 spiro atoms. The summed E-state index contributed by atoms with van der Waals surface area (Å²) in [5.74, 6) is -2.86. The molecule has 0 bridgehead atoms. The van der Waals surface area contributed by atoms with E-state index in [1.165, 1.54) is 7.11 Å². The van der Waals surface area contributed by atoms with Gasteiger partial charge in [0.25, 0.3) is 0 Å². The van der Waals surface area contributed by atoms with Gasteiger partial charge in [0.2, 0.25) is 0 Å². The first kappa shape index (κ1) is 17.8. The van der Waals surface area contributed by atoms with Crippen molar-refractivity contribution in [3.8, 4) is 0 Å². The van der Waals surface area contributed by atoms with Crippen LogP contribution in [0.2, 0.25) is 0 Å². The third kappa shape index (κ3) is 3.24. The monoisotopic (exact) mass is 361 g/mol. The van der Waals surface area contributed by atoms with Gasteiger partial charge in [-0.2, -0.15) is 0 Å². The Balaban J connectivity index is 1.89. The summed E-state index contributed by atoms with van der Waals surface area (Å²) >= 11 is 0. The van der Waals surface area contributed by atoms with Gasteiger partial charge in [-0.05, 0) is 41.8 Å². The first-order valence-electron chi connectivity index (χ1n) is 7.97. The molecule has 0 saturated carbocycles. The van der Waals surface area contributed by atoms with E-state index in [0.29, 0.717) is 25.1 Å². The van der Waals surface area contributed by atoms with Crippen molar-refractivity contribution in [2.75, 3.05) is 25.7 Å². The number of carbonyl (C=O) groups excluding carboxylic acids is 2. The highest BCUT2D eigenvalue weighted by Crippen LogP contribution is 2.30. The number of rotatable bonds is 3. The van der Waals surface area contributed by atoms with Crippen LogP contribution in [0.25, 0.3) is 0 Å². The maximum absolute atomic E-state index is 14.4. The minimum atomic E-state index is -0.819. The minimum absolute atomic E-state index is 0.175. The molecule has 0 aromatic heterocycles. The number of hydrogen-bond donors (Lipinski definition) is 0. The van der Waals surface area contributed by atoms with Crippen molar-refractivity contribution in [2.45, 2.75) is 13.0 Å². The van der Waals surface area contributed by atoms with E-state index in [2.05, 4.69) is 4.74 Å². The lowest BCUT2D eigenvalue weighted by atomic mass is 9.96. The molecule has 1 aliphatic heterocycles. The fraction of sp³-hybridized carbons (Fsp3) is 0.263. The van der Waals surface area contributed by atoms with E-state index in [4.69, 9.17) is 4.74 Å². The highest BCUT2D eigenvalue weighted by molar-refractivity contribution is 5.90. The van der Waals surface area contributed by atoms with Crippen LogP contribution in [0.1, 0.15) is 31.8 Å². The van der Waals surface area contributed by atoms with Crippen molar-refractivity contribution < 1.29 is 27.8 Å². The summed E-state index contributed by atoms with van der Waals surface area (Å²) in [6.45, 7) is 0.672. The summed E-state index contributed by atoms with van der Waals surface area (Å²) in [6, 6.07) is 7.07. The molecular weight excluding hydrogens is 344 g/mol. The quantitative estimate of drug-likeness (QED) is 0.787. The highest BCUT2D eigenvalue weighted by atomic mass is 19.1. The molecule has 0 atom stereocenters. The lowest BCUT2D eigenvalue weighted by Gasteiger charge is -2.31. The van der Waals surface area contributed by atoms with Crippen molar-refractivity contribution in [3.63, 3.8) is 0 Å². The van der Waals surface area contributed by atoms with Crippen LogP contribution in [0.15, 0.2) is 30.3 Å². The third-order valence-corrected chi connectivity index (χ3v) is 4.39. The zero-order valence-electron chi connectivity index (χ0n) is 14.3. The molecule has 0 aliphatic carbocycles. The van der Waals surface area contributed by atoms with E-state index in [-0.39, 0.29) is 11.3 Å². The summed E-state index contributed by atoms with van der Waals surface area (Å²) in [6.07, 6.45) is 0.526. The van der Waals surface area contributed by atoms with Crippen LogP contribution in [-0.2, 0) is 22.4 Å². The maximum atomic E-state index is 14.4. The molecule has 0 unspecified atom stereocenters. The number of benzene rings is 2. The summed E-state index contributed by atoms with van der Waals surface area (Å²) in [7, 11) is 2.46. The normalized spacial score (nSPS) is 13.2. The molecule has 0 fully saturated rings. The fourth-order valence-corrected chi connectivity index (χ4v) is 3.09. The Kier molecular flexibility index (Phi) is 4.88. The van der Waals surface area contributed by atoms with E-state index in [1.54, 1.807) is 23.1 Å². The second-order valence-electron chi connectivity index (χ2n) is 5.93. The average Bonchev–Trinajstić information content (AvgIpc) is 2.65. The number of anilines is 1. The standard InChI is InChI=1S/C19H17F2NO4/c1-25-18(23)12-3-4-13-10-22(6-5-11(13)7-12)17-15(20)8-14(9-16(17)21)19(24)26-2/h3-4,7-9H,5-6,10H2,1-2H3. The molecular formula is C19H17F2NO4. The lowest BCUT2D eigenvalue weighted by Crippen LogP contribution is -2.32. The van der Waals surface area contributed by atoms with Crippen molar-refractivity contribution in [3.05, 3.63) is 64.2 Å². The number of fused-ring (bicyclic) bond motifs is 1. The summed E-state index contributed by atoms with van der Waals surface area (Å²) in [5, 5.41) is 0. The van der Waals surface area contributed by atoms with Gasteiger partial charge in [-0.15, -0.1) is 0 Å². The molecule has 3 rings (SSSR count). The topological polar surface area (TPSA) is 55.8 Å². The van der Waals surface area contributed by atoms with Crippen LogP contribution >= 0.6 is 0 Å². The first-order chi connectivity index (χ1) is 12.4. The van der Waals surface area contributed by atoms with Crippen molar-refractivity contribution >= 4 is 17.6 Å². The van der Waals surface area contributed by atoms with Gasteiger partial charge in [0.05, 0.1) is 25.3 Å². The molecule has 0 amide bonds. The van der Waals surface area contributed by atoms with Crippen molar-refractivity contribution in [2.24, 2.45) is 0 Å². The van der Waals surface area contributed by atoms with Crippen LogP contribution in [0.4, 0.5) is 14.5 Å². The van der Waals surface area contributed by atoms with Gasteiger partial charge < -0.3 is 14.4 Å². The first-order valence-corrected chi connectivity index (χ1v) is 7.97. The smallest absolute Gasteiger partial charge is 0.338 e. The van der Waals surface area contributed by atoms with Crippen LogP contribution in [0.3, 0.4) is 0 Å². The van der Waals surface area contributed by atoms with E-state index in [1.807, 2.05) is 0 Å². The van der Waals surface area contributed by atoms with Gasteiger partial charge in [-0.25, -0.2) is 18.4 Å². The molecule has 7 heteroatoms. The molecule has 2 aromatic rings. The van der Waals surface area contributed by atoms with Gasteiger partial charge >= 0.3 is 11.9 Å². The molecule has 0 radical (unpaired) electrons. The number of hydrogen-bond acceptors (Lipinski definition) is 5. The molecule has 5 nitrogen and oxygen atoms in total. The van der Waals surface area contributed by atoms with Crippen LogP contribution in [0, 0.1) is 11.6 Å². The Hall–Kier alpha value is -2.96. The second-order valence-corrected chi connectivity index (χ2v) is 5.93. The molecule has 0 N–H and O–H groups in total. The molecule has 2 aromatic carbocycles. The van der Waals surface area contributed by atoms with Crippen LogP contribution in [0.5, 0.6) is 0 Å². The molecule has 1 heterocycles. The van der Waals surface area contributed by atoms with Gasteiger partial charge in [-0.1, -0.05) is 6.07 Å². The molecule has 136 valence electrons. The Labute approximate surface area is 149 Å². The van der Waals surface area contributed by atoms with Crippen molar-refractivity contribution in [1.82, 2.24) is 0 Å². The summed E-state index contributed by atoms with van der Waals surface area (Å²) in [4.78, 5) is 24.7. The predicted molar refractivity (Wildman–Crippen MR) is 90.2 cm³/mol. The van der Waals surface area contributed by atoms with Crippen LogP contribution < -0.4 is 4.90 Å². The summed E-state index contributed by atoms with van der Waals surface area (Å²) < 4.78 is 38.1. The third-order valence-electron chi connectivity index (χ3n) is 4.39. The van der Waals surface area contributed by atoms with E-state index < -0.39 is 23.6 Å². The number of ether oxygens (including phenoxy) is 2. The number of nitrogens with zero attached hydrogens (tertiary/aromatic N) is 1. The predicted octanol–water partition coefficient (Wildman–Crippen LogP) is 3.10. The van der Waals surface area contributed by atoms with Gasteiger partial charge in [0.1, 0.15) is 17.3 Å². The van der Waals surface area contributed by atoms with E-state index >= 15 is 0 Å². The number of esters is 2. The zero-order chi connectivity index (χ0) is 18.8. The Morgan fingerprint density at radius 1 is 0.923 bits per heavy atom. The number of halogens is 2. The second kappa shape index (κ2) is 7.11. The summed E-state index contributed by atoms with van der Waals surface area (Å²) in [5.41, 5.74) is 1.90. The SMILES string of the molecule is COC(=O)c1cc(F)c(N2CCc3cc(C(=O)OC)ccc3C2)c(F)c1. The fourth-order valence-electron chi connectivity index (χ4n) is 3.09. The Morgan fingerprint density at radius 3 is 2.15 bits per heavy atom. The highest BCUT2D eigenvalue weighted by Gasteiger charge is 2.24. The largest absolute Gasteiger partial charge is 0.465 e. The molecule has 26 heavy (non-hydrogen) atoms. The van der Waals surface area contributed by atoms with E-state index in [0.717, 1.165) is 30.4 Å². The van der Waals surface area contributed by atoms with Gasteiger partial charge in [-0.3, -0.25) is 0 Å². The van der Waals surface area contributed by atoms with E-state index in [9.17, 15) is 18.4 Å². The minimum Gasteiger partial charge on any atom is -0.465 e. The number of carbonyl (C=O) groups is 2. The van der Waals surface area contributed by atoms with Crippen LogP contribution in [-0.4, -0.2) is 32.7 Å². The average molecular weight is 361 g/mol. The van der Waals surface area contributed by atoms with Gasteiger partial charge in [0, 0.05) is 13.1 Å². The number of methoxy groups -OCH3 is 2. The Bertz CT molecular complexity index is 859. The Morgan fingerprint density at radius 2 is 1.54 bits per heavy atom. The van der Waals surface area contributed by atoms with Gasteiger partial charge in [0.15, 0.2) is 0 Å². The van der Waals surface area contributed by atoms with Crippen molar-refractivity contribution in [1.29, 1.82) is 0 Å². The molecule has 1 aliphatic rings. The zero-order valence-corrected chi connectivity index (χ0v) is 14.3.